The summed E-state index contributed by atoms with van der Waals surface area (Å²) in [5.74, 6) is 3.22. The van der Waals surface area contributed by atoms with Crippen LogP contribution in [-0.4, -0.2) is 43.4 Å². The van der Waals surface area contributed by atoms with Crippen LogP contribution in [0.5, 0.6) is 17.2 Å². The number of methoxy groups -OCH3 is 2. The summed E-state index contributed by atoms with van der Waals surface area (Å²) < 4.78 is 21.9. The Morgan fingerprint density at radius 1 is 1.09 bits per heavy atom. The van der Waals surface area contributed by atoms with E-state index >= 15 is 0 Å². The highest BCUT2D eigenvalue weighted by Crippen LogP contribution is 2.38. The van der Waals surface area contributed by atoms with Gasteiger partial charge in [0.1, 0.15) is 17.2 Å². The van der Waals surface area contributed by atoms with Crippen LogP contribution in [-0.2, 0) is 4.79 Å². The van der Waals surface area contributed by atoms with Gasteiger partial charge in [0.05, 0.1) is 32.4 Å². The van der Waals surface area contributed by atoms with Crippen molar-refractivity contribution in [3.8, 4) is 28.6 Å². The molecule has 8 nitrogen and oxygen atoms in total. The number of ether oxygens (including phenoxy) is 3. The first-order valence-corrected chi connectivity index (χ1v) is 10.6. The molecule has 8 heteroatoms. The number of carbonyl (C=O) groups excluding carboxylic acids is 1. The van der Waals surface area contributed by atoms with Crippen molar-refractivity contribution in [3.05, 3.63) is 48.4 Å². The minimum Gasteiger partial charge on any atom is -0.497 e. The van der Waals surface area contributed by atoms with Crippen molar-refractivity contribution in [2.75, 3.05) is 32.3 Å². The van der Waals surface area contributed by atoms with Crippen LogP contribution in [0.2, 0.25) is 0 Å². The summed E-state index contributed by atoms with van der Waals surface area (Å²) in [4.78, 5) is 19.0. The molecule has 4 rings (SSSR count). The zero-order valence-electron chi connectivity index (χ0n) is 18.7. The molecule has 2 aromatic carbocycles. The molecule has 1 unspecified atom stereocenters. The molecule has 1 atom stereocenters. The van der Waals surface area contributed by atoms with Gasteiger partial charge in [-0.05, 0) is 42.3 Å². The molecule has 3 aromatic rings. The lowest BCUT2D eigenvalue weighted by Gasteiger charge is -2.19. The average Bonchev–Trinajstić information content (AvgIpc) is 3.44. The topological polar surface area (TPSA) is 86.9 Å². The van der Waals surface area contributed by atoms with E-state index in [4.69, 9.17) is 18.7 Å². The van der Waals surface area contributed by atoms with Crippen molar-refractivity contribution < 1.29 is 23.5 Å². The molecule has 0 N–H and O–H groups in total. The number of hydrogen-bond donors (Lipinski definition) is 0. The predicted octanol–water partition coefficient (Wildman–Crippen LogP) is 4.31. The average molecular weight is 437 g/mol. The molecule has 1 aromatic heterocycles. The van der Waals surface area contributed by atoms with Gasteiger partial charge in [-0.25, -0.2) is 0 Å². The van der Waals surface area contributed by atoms with E-state index in [1.54, 1.807) is 31.3 Å². The molecule has 168 valence electrons. The number of nitrogens with zero attached hydrogens (tertiary/aromatic N) is 3. The van der Waals surface area contributed by atoms with Gasteiger partial charge in [0.15, 0.2) is 0 Å². The quantitative estimate of drug-likeness (QED) is 0.519. The van der Waals surface area contributed by atoms with Crippen LogP contribution in [0.4, 0.5) is 5.69 Å². The number of rotatable bonds is 8. The second-order valence-electron chi connectivity index (χ2n) is 8.13. The molecule has 0 saturated carbocycles. The third kappa shape index (κ3) is 4.54. The Kier molecular flexibility index (Phi) is 6.30. The Bertz CT molecular complexity index is 1080. The van der Waals surface area contributed by atoms with E-state index in [1.807, 2.05) is 30.3 Å². The lowest BCUT2D eigenvalue weighted by molar-refractivity contribution is -0.117. The van der Waals surface area contributed by atoms with E-state index < -0.39 is 0 Å². The van der Waals surface area contributed by atoms with Gasteiger partial charge < -0.3 is 23.6 Å². The van der Waals surface area contributed by atoms with Crippen molar-refractivity contribution >= 4 is 11.6 Å². The highest BCUT2D eigenvalue weighted by molar-refractivity contribution is 5.97. The lowest BCUT2D eigenvalue weighted by atomic mass is 10.1. The van der Waals surface area contributed by atoms with Gasteiger partial charge in [0.2, 0.25) is 17.6 Å². The third-order valence-electron chi connectivity index (χ3n) is 5.29. The van der Waals surface area contributed by atoms with Crippen LogP contribution in [0.1, 0.15) is 32.1 Å². The molecule has 0 radical (unpaired) electrons. The summed E-state index contributed by atoms with van der Waals surface area (Å²) in [6.07, 6.45) is 0.290. The Morgan fingerprint density at radius 3 is 2.53 bits per heavy atom. The van der Waals surface area contributed by atoms with Gasteiger partial charge in [-0.3, -0.25) is 4.79 Å². The van der Waals surface area contributed by atoms with Crippen molar-refractivity contribution in [2.45, 2.75) is 26.2 Å². The summed E-state index contributed by atoms with van der Waals surface area (Å²) in [6.45, 7) is 5.31. The Labute approximate surface area is 187 Å². The zero-order valence-corrected chi connectivity index (χ0v) is 18.7. The largest absolute Gasteiger partial charge is 0.497 e. The number of benzene rings is 2. The Morgan fingerprint density at radius 2 is 1.84 bits per heavy atom. The summed E-state index contributed by atoms with van der Waals surface area (Å²) >= 11 is 0. The highest BCUT2D eigenvalue weighted by atomic mass is 16.5. The number of anilines is 1. The van der Waals surface area contributed by atoms with Crippen LogP contribution in [0.15, 0.2) is 47.0 Å². The molecular formula is C24H27N3O5. The lowest BCUT2D eigenvalue weighted by Crippen LogP contribution is -2.24. The van der Waals surface area contributed by atoms with Crippen LogP contribution in [0, 0.1) is 5.92 Å². The van der Waals surface area contributed by atoms with Gasteiger partial charge in [0, 0.05) is 24.6 Å². The summed E-state index contributed by atoms with van der Waals surface area (Å²) in [5, 5.41) is 4.12. The standard InChI is InChI=1S/C24H27N3O5/c1-15(2)14-31-18-7-5-16(6-8-18)23-25-24(32-26-23)17-11-22(28)27(13-17)20-10-9-19(29-3)12-21(20)30-4/h5-10,12,15,17H,11,13-14H2,1-4H3. The number of carbonyl (C=O) groups is 1. The summed E-state index contributed by atoms with van der Waals surface area (Å²) in [7, 11) is 3.16. The minimum atomic E-state index is -0.191. The van der Waals surface area contributed by atoms with Crippen LogP contribution >= 0.6 is 0 Å². The van der Waals surface area contributed by atoms with Gasteiger partial charge in [-0.2, -0.15) is 4.98 Å². The van der Waals surface area contributed by atoms with E-state index in [-0.39, 0.29) is 11.8 Å². The maximum Gasteiger partial charge on any atom is 0.232 e. The molecule has 1 aliphatic rings. The van der Waals surface area contributed by atoms with Crippen molar-refractivity contribution in [1.29, 1.82) is 0 Å². The fourth-order valence-electron chi connectivity index (χ4n) is 3.60. The van der Waals surface area contributed by atoms with E-state index in [9.17, 15) is 4.79 Å². The monoisotopic (exact) mass is 437 g/mol. The highest BCUT2D eigenvalue weighted by Gasteiger charge is 2.36. The zero-order chi connectivity index (χ0) is 22.7. The third-order valence-corrected chi connectivity index (χ3v) is 5.29. The molecule has 1 fully saturated rings. The Balaban J connectivity index is 1.48. The second-order valence-corrected chi connectivity index (χ2v) is 8.13. The van der Waals surface area contributed by atoms with Crippen LogP contribution in [0.3, 0.4) is 0 Å². The smallest absolute Gasteiger partial charge is 0.232 e. The van der Waals surface area contributed by atoms with Crippen molar-refractivity contribution in [1.82, 2.24) is 10.1 Å². The summed E-state index contributed by atoms with van der Waals surface area (Å²) in [6, 6.07) is 13.0. The van der Waals surface area contributed by atoms with Gasteiger partial charge in [-0.1, -0.05) is 19.0 Å². The maximum absolute atomic E-state index is 12.7. The van der Waals surface area contributed by atoms with Crippen molar-refractivity contribution in [3.63, 3.8) is 0 Å². The molecule has 32 heavy (non-hydrogen) atoms. The molecule has 0 bridgehead atoms. The summed E-state index contributed by atoms with van der Waals surface area (Å²) in [5.41, 5.74) is 1.52. The number of amides is 1. The van der Waals surface area contributed by atoms with Crippen LogP contribution < -0.4 is 19.1 Å². The SMILES string of the molecule is COc1ccc(N2CC(c3nc(-c4ccc(OCC(C)C)cc4)no3)CC2=O)c(OC)c1. The minimum absolute atomic E-state index is 0.0233. The van der Waals surface area contributed by atoms with Gasteiger partial charge in [0.25, 0.3) is 0 Å². The van der Waals surface area contributed by atoms with Gasteiger partial charge in [-0.15, -0.1) is 0 Å². The van der Waals surface area contributed by atoms with E-state index in [2.05, 4.69) is 24.0 Å². The second kappa shape index (κ2) is 9.30. The number of aromatic nitrogens is 2. The maximum atomic E-state index is 12.7. The van der Waals surface area contributed by atoms with E-state index in [0.29, 0.717) is 54.4 Å². The first-order valence-electron chi connectivity index (χ1n) is 10.6. The molecule has 0 aliphatic carbocycles. The van der Waals surface area contributed by atoms with Crippen LogP contribution in [0.25, 0.3) is 11.4 Å². The normalized spacial score (nSPS) is 16.0. The first kappa shape index (κ1) is 21.7. The van der Waals surface area contributed by atoms with E-state index in [1.165, 1.54) is 0 Å². The molecular weight excluding hydrogens is 410 g/mol. The van der Waals surface area contributed by atoms with E-state index in [0.717, 1.165) is 11.3 Å². The molecule has 1 amide bonds. The van der Waals surface area contributed by atoms with Gasteiger partial charge >= 0.3 is 0 Å². The van der Waals surface area contributed by atoms with Crippen molar-refractivity contribution in [2.24, 2.45) is 5.92 Å². The number of hydrogen-bond acceptors (Lipinski definition) is 7. The fourth-order valence-corrected chi connectivity index (χ4v) is 3.60. The molecule has 2 heterocycles. The fraction of sp³-hybridized carbons (Fsp3) is 0.375. The molecule has 1 aliphatic heterocycles. The Hall–Kier alpha value is -3.55. The predicted molar refractivity (Wildman–Crippen MR) is 119 cm³/mol. The first-order chi connectivity index (χ1) is 15.5. The molecule has 0 spiro atoms. The molecule has 1 saturated heterocycles.